The van der Waals surface area contributed by atoms with Gasteiger partial charge in [-0.1, -0.05) is 5.57 Å². The molecule has 2 N–H and O–H groups in total. The highest BCUT2D eigenvalue weighted by Crippen LogP contribution is 1.95. The van der Waals surface area contributed by atoms with E-state index in [-0.39, 0.29) is 5.97 Å². The maximum absolute atomic E-state index is 11.6. The number of hydrogen-bond donors (Lipinski definition) is 2. The molecule has 16 heavy (non-hydrogen) atoms. The molecule has 1 aliphatic rings. The number of nitrogens with one attached hydrogen (secondary N) is 2. The predicted octanol–water partition coefficient (Wildman–Crippen LogP) is -0.254. The minimum atomic E-state index is -0.287. The zero-order valence-electron chi connectivity index (χ0n) is 9.59. The number of H-pyrrole nitrogens is 1. The number of aromatic nitrogens is 1. The van der Waals surface area contributed by atoms with Crippen LogP contribution in [-0.4, -0.2) is 30.6 Å². The van der Waals surface area contributed by atoms with E-state index in [0.717, 1.165) is 23.7 Å². The van der Waals surface area contributed by atoms with Crippen molar-refractivity contribution in [3.63, 3.8) is 0 Å². The third-order valence-corrected chi connectivity index (χ3v) is 2.64. The Kier molecular flexibility index (Phi) is 3.10. The summed E-state index contributed by atoms with van der Waals surface area (Å²) in [4.78, 5) is 14.7. The summed E-state index contributed by atoms with van der Waals surface area (Å²) in [5, 5.41) is 5.38. The van der Waals surface area contributed by atoms with E-state index in [2.05, 4.69) is 23.3 Å². The van der Waals surface area contributed by atoms with E-state index in [1.165, 1.54) is 5.57 Å². The fourth-order valence-corrected chi connectivity index (χ4v) is 1.83. The van der Waals surface area contributed by atoms with Crippen LogP contribution in [0.4, 0.5) is 0 Å². The Morgan fingerprint density at radius 2 is 2.38 bits per heavy atom. The molecule has 2 rings (SSSR count). The number of hydrogen-bond acceptors (Lipinski definition) is 3. The molecular weight excluding hydrogens is 204 g/mol. The number of carbonyl (C=O) groups is 1. The number of carbonyl (C=O) groups excluding carboxylic acids is 1. The fourth-order valence-electron chi connectivity index (χ4n) is 1.83. The normalized spacial score (nSPS) is 15.0. The molecular formula is C12H16N2O2. The average molecular weight is 220 g/mol. The summed E-state index contributed by atoms with van der Waals surface area (Å²) in [7, 11) is 0. The Labute approximate surface area is 94.0 Å². The molecule has 0 atom stereocenters. The van der Waals surface area contributed by atoms with Crippen molar-refractivity contribution in [2.24, 2.45) is 0 Å². The first-order valence-electron chi connectivity index (χ1n) is 5.49. The van der Waals surface area contributed by atoms with Gasteiger partial charge in [0.2, 0.25) is 0 Å². The highest BCUT2D eigenvalue weighted by Gasteiger charge is 2.10. The lowest BCUT2D eigenvalue weighted by molar-refractivity contribution is 0.0520. The number of ether oxygens (including phenoxy) is 1. The molecule has 0 aromatic carbocycles. The Hall–Kier alpha value is -1.55. The molecule has 0 saturated heterocycles. The van der Waals surface area contributed by atoms with Crippen molar-refractivity contribution in [3.05, 3.63) is 22.3 Å². The van der Waals surface area contributed by atoms with Crippen LogP contribution in [0.15, 0.2) is 6.07 Å². The highest BCUT2D eigenvalue weighted by molar-refractivity contribution is 5.87. The van der Waals surface area contributed by atoms with Gasteiger partial charge in [-0.2, -0.15) is 0 Å². The topological polar surface area (TPSA) is 54.1 Å². The van der Waals surface area contributed by atoms with Crippen molar-refractivity contribution in [1.82, 2.24) is 10.3 Å². The van der Waals surface area contributed by atoms with Crippen molar-refractivity contribution in [1.29, 1.82) is 0 Å². The van der Waals surface area contributed by atoms with Crippen molar-refractivity contribution in [2.75, 3.05) is 19.7 Å². The number of esters is 1. The number of aromatic amines is 1. The van der Waals surface area contributed by atoms with Crippen LogP contribution in [0.2, 0.25) is 0 Å². The number of fused-ring (bicyclic) bond motifs is 1. The van der Waals surface area contributed by atoms with Gasteiger partial charge in [0.05, 0.1) is 6.61 Å². The van der Waals surface area contributed by atoms with E-state index in [1.807, 2.05) is 6.07 Å². The van der Waals surface area contributed by atoms with Crippen molar-refractivity contribution >= 4 is 17.6 Å². The van der Waals surface area contributed by atoms with Gasteiger partial charge in [0.1, 0.15) is 5.69 Å². The van der Waals surface area contributed by atoms with Gasteiger partial charge in [-0.15, -0.1) is 0 Å². The van der Waals surface area contributed by atoms with Crippen molar-refractivity contribution in [2.45, 2.75) is 13.8 Å². The van der Waals surface area contributed by atoms with E-state index < -0.39 is 0 Å². The summed E-state index contributed by atoms with van der Waals surface area (Å²) in [5.74, 6) is -0.287. The van der Waals surface area contributed by atoms with Crippen LogP contribution in [-0.2, 0) is 4.74 Å². The van der Waals surface area contributed by atoms with Crippen LogP contribution in [0.1, 0.15) is 24.3 Å². The van der Waals surface area contributed by atoms with Gasteiger partial charge in [-0.05, 0) is 26.0 Å². The minimum absolute atomic E-state index is 0.287. The molecule has 1 aromatic heterocycles. The first-order chi connectivity index (χ1) is 7.72. The lowest BCUT2D eigenvalue weighted by Crippen LogP contribution is -2.24. The first kappa shape index (κ1) is 11.0. The van der Waals surface area contributed by atoms with Crippen LogP contribution in [0.25, 0.3) is 11.6 Å². The second-order valence-electron chi connectivity index (χ2n) is 3.85. The van der Waals surface area contributed by atoms with E-state index in [1.54, 1.807) is 6.92 Å². The van der Waals surface area contributed by atoms with Crippen LogP contribution >= 0.6 is 0 Å². The molecule has 0 spiro atoms. The number of rotatable bonds is 2. The minimum Gasteiger partial charge on any atom is -0.461 e. The molecule has 0 amide bonds. The molecule has 4 nitrogen and oxygen atoms in total. The van der Waals surface area contributed by atoms with Gasteiger partial charge in [0, 0.05) is 23.7 Å². The van der Waals surface area contributed by atoms with Gasteiger partial charge in [0.25, 0.3) is 0 Å². The van der Waals surface area contributed by atoms with Crippen LogP contribution in [0.3, 0.4) is 0 Å². The summed E-state index contributed by atoms with van der Waals surface area (Å²) in [6.07, 6.45) is 2.05. The fraction of sp³-hybridized carbons (Fsp3) is 0.417. The van der Waals surface area contributed by atoms with Gasteiger partial charge in [-0.3, -0.25) is 0 Å². The maximum Gasteiger partial charge on any atom is 0.354 e. The highest BCUT2D eigenvalue weighted by atomic mass is 16.5. The standard InChI is InChI=1S/C12H16N2O2/c1-3-16-12(15)11-6-9-8(2)7-13-5-4-10(9)14-11/h4,6,13-14H,3,5,7H2,1-2H3. The zero-order valence-corrected chi connectivity index (χ0v) is 9.59. The van der Waals surface area contributed by atoms with E-state index >= 15 is 0 Å². The molecule has 4 heteroatoms. The molecule has 2 heterocycles. The van der Waals surface area contributed by atoms with Gasteiger partial charge >= 0.3 is 5.97 Å². The third kappa shape index (κ3) is 2.02. The molecule has 0 bridgehead atoms. The molecule has 1 aliphatic heterocycles. The van der Waals surface area contributed by atoms with Gasteiger partial charge in [0.15, 0.2) is 0 Å². The molecule has 0 fully saturated rings. The van der Waals surface area contributed by atoms with E-state index in [0.29, 0.717) is 12.3 Å². The predicted molar refractivity (Wildman–Crippen MR) is 62.4 cm³/mol. The summed E-state index contributed by atoms with van der Waals surface area (Å²) in [6, 6.07) is 1.87. The van der Waals surface area contributed by atoms with Gasteiger partial charge < -0.3 is 15.0 Å². The average Bonchev–Trinajstić information content (AvgIpc) is 2.62. The van der Waals surface area contributed by atoms with Crippen LogP contribution < -0.4 is 15.9 Å². The second-order valence-corrected chi connectivity index (χ2v) is 3.85. The Morgan fingerprint density at radius 1 is 1.56 bits per heavy atom. The van der Waals surface area contributed by atoms with Crippen LogP contribution in [0, 0.1) is 0 Å². The Morgan fingerprint density at radius 3 is 3.12 bits per heavy atom. The van der Waals surface area contributed by atoms with Crippen molar-refractivity contribution in [3.8, 4) is 0 Å². The Balaban J connectivity index is 2.48. The summed E-state index contributed by atoms with van der Waals surface area (Å²) >= 11 is 0. The lowest BCUT2D eigenvalue weighted by Gasteiger charge is -1.98. The molecule has 0 radical (unpaired) electrons. The SMILES string of the molecule is CCOC(=O)c1cc2c([nH]1)=CCNCC=2C. The summed E-state index contributed by atoms with van der Waals surface area (Å²) in [5.41, 5.74) is 1.76. The smallest absolute Gasteiger partial charge is 0.354 e. The largest absolute Gasteiger partial charge is 0.461 e. The second kappa shape index (κ2) is 4.53. The molecule has 1 aromatic rings. The van der Waals surface area contributed by atoms with E-state index in [9.17, 15) is 4.79 Å². The molecule has 0 saturated carbocycles. The summed E-state index contributed by atoms with van der Waals surface area (Å²) in [6.45, 7) is 5.93. The van der Waals surface area contributed by atoms with E-state index in [4.69, 9.17) is 4.74 Å². The quantitative estimate of drug-likeness (QED) is 0.676. The van der Waals surface area contributed by atoms with Crippen molar-refractivity contribution < 1.29 is 9.53 Å². The maximum atomic E-state index is 11.6. The summed E-state index contributed by atoms with van der Waals surface area (Å²) < 4.78 is 4.96. The Bertz CT molecular complexity index is 514. The third-order valence-electron chi connectivity index (χ3n) is 2.64. The zero-order chi connectivity index (χ0) is 11.5. The van der Waals surface area contributed by atoms with Gasteiger partial charge in [-0.25, -0.2) is 4.79 Å². The molecule has 0 unspecified atom stereocenters. The molecule has 0 aliphatic carbocycles. The monoisotopic (exact) mass is 220 g/mol. The van der Waals surface area contributed by atoms with Crippen LogP contribution in [0.5, 0.6) is 0 Å². The molecule has 86 valence electrons. The lowest BCUT2D eigenvalue weighted by atomic mass is 10.2. The first-order valence-corrected chi connectivity index (χ1v) is 5.49.